The summed E-state index contributed by atoms with van der Waals surface area (Å²) in [5, 5.41) is 10.3. The first-order valence-corrected chi connectivity index (χ1v) is 7.43. The SMILES string of the molecule is OC(CN1CCN(c2ccccc2)CC1)c1ccncc1. The van der Waals surface area contributed by atoms with Gasteiger partial charge in [-0.25, -0.2) is 0 Å². The fraction of sp³-hybridized carbons (Fsp3) is 0.353. The fourth-order valence-electron chi connectivity index (χ4n) is 2.76. The summed E-state index contributed by atoms with van der Waals surface area (Å²) in [5.74, 6) is 0. The van der Waals surface area contributed by atoms with Gasteiger partial charge in [0.25, 0.3) is 0 Å². The maximum absolute atomic E-state index is 10.3. The van der Waals surface area contributed by atoms with Crippen LogP contribution in [0.2, 0.25) is 0 Å². The lowest BCUT2D eigenvalue weighted by atomic mass is 10.1. The van der Waals surface area contributed by atoms with Crippen LogP contribution in [0.25, 0.3) is 0 Å². The van der Waals surface area contributed by atoms with Gasteiger partial charge < -0.3 is 10.0 Å². The Kier molecular flexibility index (Phi) is 4.48. The van der Waals surface area contributed by atoms with Crippen LogP contribution in [-0.2, 0) is 0 Å². The van der Waals surface area contributed by atoms with Gasteiger partial charge in [0.2, 0.25) is 0 Å². The molecule has 1 aromatic heterocycles. The minimum absolute atomic E-state index is 0.434. The summed E-state index contributed by atoms with van der Waals surface area (Å²) in [4.78, 5) is 8.71. The summed E-state index contributed by atoms with van der Waals surface area (Å²) in [6.45, 7) is 4.67. The Labute approximate surface area is 125 Å². The molecule has 3 rings (SSSR count). The molecule has 2 heterocycles. The molecule has 0 radical (unpaired) electrons. The van der Waals surface area contributed by atoms with Crippen molar-refractivity contribution in [2.24, 2.45) is 0 Å². The van der Waals surface area contributed by atoms with E-state index in [1.807, 2.05) is 18.2 Å². The molecule has 1 aromatic carbocycles. The summed E-state index contributed by atoms with van der Waals surface area (Å²) in [6, 6.07) is 14.3. The molecule has 1 saturated heterocycles. The van der Waals surface area contributed by atoms with E-state index in [-0.39, 0.29) is 0 Å². The van der Waals surface area contributed by atoms with Crippen molar-refractivity contribution in [2.75, 3.05) is 37.6 Å². The highest BCUT2D eigenvalue weighted by atomic mass is 16.3. The molecule has 0 aliphatic carbocycles. The molecular formula is C17H21N3O. The van der Waals surface area contributed by atoms with Gasteiger partial charge in [-0.05, 0) is 29.8 Å². The van der Waals surface area contributed by atoms with Crippen molar-refractivity contribution in [3.05, 3.63) is 60.4 Å². The van der Waals surface area contributed by atoms with E-state index in [1.165, 1.54) is 5.69 Å². The number of β-amino-alcohol motifs (C(OH)–C–C–N with tert-alkyl or cyclic N) is 1. The van der Waals surface area contributed by atoms with E-state index in [1.54, 1.807) is 12.4 Å². The van der Waals surface area contributed by atoms with Crippen LogP contribution in [0, 0.1) is 0 Å². The molecule has 0 bridgehead atoms. The number of piperazine rings is 1. The van der Waals surface area contributed by atoms with E-state index < -0.39 is 6.10 Å². The van der Waals surface area contributed by atoms with Crippen LogP contribution in [0.4, 0.5) is 5.69 Å². The zero-order chi connectivity index (χ0) is 14.5. The van der Waals surface area contributed by atoms with Gasteiger partial charge in [0.05, 0.1) is 6.10 Å². The predicted molar refractivity (Wildman–Crippen MR) is 84.3 cm³/mol. The first-order chi connectivity index (χ1) is 10.3. The zero-order valence-corrected chi connectivity index (χ0v) is 12.1. The lowest BCUT2D eigenvalue weighted by Crippen LogP contribution is -2.47. The maximum atomic E-state index is 10.3. The molecule has 1 atom stereocenters. The van der Waals surface area contributed by atoms with Gasteiger partial charge in [0, 0.05) is 50.8 Å². The summed E-state index contributed by atoms with van der Waals surface area (Å²) in [5.41, 5.74) is 2.22. The predicted octanol–water partition coefficient (Wildman–Crippen LogP) is 1.94. The highest BCUT2D eigenvalue weighted by Gasteiger charge is 2.19. The second kappa shape index (κ2) is 6.70. The molecule has 0 amide bonds. The van der Waals surface area contributed by atoms with Gasteiger partial charge in [-0.2, -0.15) is 0 Å². The van der Waals surface area contributed by atoms with Crippen LogP contribution in [-0.4, -0.2) is 47.7 Å². The van der Waals surface area contributed by atoms with Gasteiger partial charge in [-0.15, -0.1) is 0 Å². The number of rotatable bonds is 4. The lowest BCUT2D eigenvalue weighted by Gasteiger charge is -2.36. The highest BCUT2D eigenvalue weighted by Crippen LogP contribution is 2.18. The van der Waals surface area contributed by atoms with E-state index in [4.69, 9.17) is 0 Å². The number of hydrogen-bond acceptors (Lipinski definition) is 4. The monoisotopic (exact) mass is 283 g/mol. The Morgan fingerprint density at radius 2 is 1.62 bits per heavy atom. The minimum atomic E-state index is -0.434. The van der Waals surface area contributed by atoms with Crippen LogP contribution in [0.3, 0.4) is 0 Å². The first-order valence-electron chi connectivity index (χ1n) is 7.43. The Hall–Kier alpha value is -1.91. The van der Waals surface area contributed by atoms with E-state index in [2.05, 4.69) is 39.0 Å². The summed E-state index contributed by atoms with van der Waals surface area (Å²) in [7, 11) is 0. The molecule has 1 unspecified atom stereocenters. The van der Waals surface area contributed by atoms with Crippen molar-refractivity contribution >= 4 is 5.69 Å². The largest absolute Gasteiger partial charge is 0.387 e. The van der Waals surface area contributed by atoms with Crippen LogP contribution in [0.15, 0.2) is 54.9 Å². The molecule has 1 aliphatic heterocycles. The fourth-order valence-corrected chi connectivity index (χ4v) is 2.76. The average Bonchev–Trinajstić information content (AvgIpc) is 2.57. The van der Waals surface area contributed by atoms with E-state index in [9.17, 15) is 5.11 Å². The number of aliphatic hydroxyl groups is 1. The number of pyridine rings is 1. The Morgan fingerprint density at radius 1 is 0.952 bits per heavy atom. The van der Waals surface area contributed by atoms with Crippen molar-refractivity contribution in [2.45, 2.75) is 6.10 Å². The summed E-state index contributed by atoms with van der Waals surface area (Å²) >= 11 is 0. The molecule has 110 valence electrons. The summed E-state index contributed by atoms with van der Waals surface area (Å²) < 4.78 is 0. The third kappa shape index (κ3) is 3.60. The first kappa shape index (κ1) is 14.0. The smallest absolute Gasteiger partial charge is 0.0918 e. The van der Waals surface area contributed by atoms with Crippen LogP contribution in [0.1, 0.15) is 11.7 Å². The van der Waals surface area contributed by atoms with Crippen molar-refractivity contribution in [3.8, 4) is 0 Å². The number of aromatic nitrogens is 1. The third-order valence-electron chi connectivity index (χ3n) is 4.02. The Balaban J connectivity index is 1.52. The average molecular weight is 283 g/mol. The van der Waals surface area contributed by atoms with Crippen molar-refractivity contribution < 1.29 is 5.11 Å². The molecule has 0 spiro atoms. The number of hydrogen-bond donors (Lipinski definition) is 1. The van der Waals surface area contributed by atoms with Gasteiger partial charge in [0.1, 0.15) is 0 Å². The molecule has 1 fully saturated rings. The van der Waals surface area contributed by atoms with Crippen LogP contribution >= 0.6 is 0 Å². The van der Waals surface area contributed by atoms with E-state index >= 15 is 0 Å². The van der Waals surface area contributed by atoms with E-state index in [0.29, 0.717) is 6.54 Å². The van der Waals surface area contributed by atoms with Crippen molar-refractivity contribution in [3.63, 3.8) is 0 Å². The molecule has 0 saturated carbocycles. The molecule has 4 nitrogen and oxygen atoms in total. The van der Waals surface area contributed by atoms with Crippen LogP contribution in [0.5, 0.6) is 0 Å². The van der Waals surface area contributed by atoms with Crippen LogP contribution < -0.4 is 4.90 Å². The van der Waals surface area contributed by atoms with Gasteiger partial charge in [-0.3, -0.25) is 9.88 Å². The topological polar surface area (TPSA) is 39.6 Å². The molecule has 1 aliphatic rings. The van der Waals surface area contributed by atoms with Gasteiger partial charge in [-0.1, -0.05) is 18.2 Å². The molecular weight excluding hydrogens is 262 g/mol. The summed E-state index contributed by atoms with van der Waals surface area (Å²) in [6.07, 6.45) is 3.02. The lowest BCUT2D eigenvalue weighted by molar-refractivity contribution is 0.109. The normalized spacial score (nSPS) is 17.7. The number of benzene rings is 1. The van der Waals surface area contributed by atoms with Gasteiger partial charge >= 0.3 is 0 Å². The number of para-hydroxylation sites is 1. The molecule has 2 aromatic rings. The molecule has 1 N–H and O–H groups in total. The number of aliphatic hydroxyl groups excluding tert-OH is 1. The number of anilines is 1. The molecule has 4 heteroatoms. The second-order valence-corrected chi connectivity index (χ2v) is 5.42. The Morgan fingerprint density at radius 3 is 2.29 bits per heavy atom. The number of nitrogens with zero attached hydrogens (tertiary/aromatic N) is 3. The van der Waals surface area contributed by atoms with Crippen molar-refractivity contribution in [1.82, 2.24) is 9.88 Å². The second-order valence-electron chi connectivity index (χ2n) is 5.42. The zero-order valence-electron chi connectivity index (χ0n) is 12.1. The molecule has 21 heavy (non-hydrogen) atoms. The quantitative estimate of drug-likeness (QED) is 0.931. The minimum Gasteiger partial charge on any atom is -0.387 e. The van der Waals surface area contributed by atoms with E-state index in [0.717, 1.165) is 31.7 Å². The van der Waals surface area contributed by atoms with Gasteiger partial charge in [0.15, 0.2) is 0 Å². The highest BCUT2D eigenvalue weighted by molar-refractivity contribution is 5.46. The van der Waals surface area contributed by atoms with Crippen molar-refractivity contribution in [1.29, 1.82) is 0 Å². The maximum Gasteiger partial charge on any atom is 0.0918 e. The standard InChI is InChI=1S/C17H21N3O/c21-17(15-6-8-18-9-7-15)14-19-10-12-20(13-11-19)16-4-2-1-3-5-16/h1-9,17,21H,10-14H2. The third-order valence-corrected chi connectivity index (χ3v) is 4.02. The Bertz CT molecular complexity index is 538.